The molecule has 0 radical (unpaired) electrons. The lowest BCUT2D eigenvalue weighted by Crippen LogP contribution is -2.59. The number of carbonyl (C=O) groups is 4. The highest BCUT2D eigenvalue weighted by molar-refractivity contribution is 6.30. The van der Waals surface area contributed by atoms with Gasteiger partial charge >= 0.3 is 5.97 Å². The molecule has 0 bridgehead atoms. The topological polar surface area (TPSA) is 92.8 Å². The van der Waals surface area contributed by atoms with Crippen LogP contribution in [0, 0.1) is 0 Å². The molecule has 0 saturated heterocycles. The van der Waals surface area contributed by atoms with Gasteiger partial charge in [0.15, 0.2) is 12.4 Å². The summed E-state index contributed by atoms with van der Waals surface area (Å²) in [6.07, 6.45) is 0. The molecule has 1 N–H and O–H groups in total. The highest BCUT2D eigenvalue weighted by atomic mass is 35.5. The number of benzene rings is 3. The predicted molar refractivity (Wildman–Crippen MR) is 128 cm³/mol. The molecule has 0 atom stereocenters. The Labute approximate surface area is 201 Å². The SMILES string of the molecule is CC1(C)C(=O)Nc2ccccc2N1C(=O)COC(=O)c1ccccc1C(=O)c1ccc(Cl)cc1. The third-order valence-corrected chi connectivity index (χ3v) is 5.83. The number of rotatable bonds is 5. The molecule has 0 saturated carbocycles. The van der Waals surface area contributed by atoms with Crippen LogP contribution in [0.3, 0.4) is 0 Å². The zero-order valence-corrected chi connectivity index (χ0v) is 19.3. The van der Waals surface area contributed by atoms with Gasteiger partial charge in [0.2, 0.25) is 5.91 Å². The summed E-state index contributed by atoms with van der Waals surface area (Å²) in [6, 6.07) is 19.4. The minimum Gasteiger partial charge on any atom is -0.452 e. The number of ether oxygens (including phenoxy) is 1. The maximum Gasteiger partial charge on any atom is 0.339 e. The summed E-state index contributed by atoms with van der Waals surface area (Å²) in [7, 11) is 0. The summed E-state index contributed by atoms with van der Waals surface area (Å²) in [5.74, 6) is -2.12. The van der Waals surface area contributed by atoms with Crippen LogP contribution in [-0.2, 0) is 14.3 Å². The van der Waals surface area contributed by atoms with E-state index in [9.17, 15) is 19.2 Å². The summed E-state index contributed by atoms with van der Waals surface area (Å²) in [4.78, 5) is 52.8. The average Bonchev–Trinajstić information content (AvgIpc) is 2.83. The summed E-state index contributed by atoms with van der Waals surface area (Å²) in [5.41, 5.74) is 0.340. The molecule has 0 aliphatic carbocycles. The molecule has 34 heavy (non-hydrogen) atoms. The van der Waals surface area contributed by atoms with E-state index in [1.165, 1.54) is 17.0 Å². The smallest absolute Gasteiger partial charge is 0.339 e. The molecule has 1 aliphatic rings. The van der Waals surface area contributed by atoms with Crippen molar-refractivity contribution in [1.82, 2.24) is 0 Å². The Morgan fingerprint density at radius 2 is 1.53 bits per heavy atom. The van der Waals surface area contributed by atoms with Crippen molar-refractivity contribution in [2.24, 2.45) is 0 Å². The van der Waals surface area contributed by atoms with E-state index in [2.05, 4.69) is 5.32 Å². The van der Waals surface area contributed by atoms with Crippen LogP contribution in [0.15, 0.2) is 72.8 Å². The highest BCUT2D eigenvalue weighted by Crippen LogP contribution is 2.36. The zero-order chi connectivity index (χ0) is 24.5. The summed E-state index contributed by atoms with van der Waals surface area (Å²) < 4.78 is 5.30. The van der Waals surface area contributed by atoms with Crippen LogP contribution >= 0.6 is 11.6 Å². The van der Waals surface area contributed by atoms with Crippen molar-refractivity contribution >= 4 is 46.5 Å². The van der Waals surface area contributed by atoms with E-state index in [0.717, 1.165) is 0 Å². The molecule has 0 unspecified atom stereocenters. The van der Waals surface area contributed by atoms with Gasteiger partial charge in [-0.05, 0) is 56.3 Å². The third kappa shape index (κ3) is 4.30. The van der Waals surface area contributed by atoms with Crippen LogP contribution < -0.4 is 10.2 Å². The van der Waals surface area contributed by atoms with Gasteiger partial charge in [0.05, 0.1) is 16.9 Å². The van der Waals surface area contributed by atoms with E-state index >= 15 is 0 Å². The van der Waals surface area contributed by atoms with E-state index in [1.54, 1.807) is 74.5 Å². The Morgan fingerprint density at radius 1 is 0.912 bits per heavy atom. The first-order chi connectivity index (χ1) is 16.2. The van der Waals surface area contributed by atoms with Crippen molar-refractivity contribution in [2.75, 3.05) is 16.8 Å². The number of hydrogen-bond acceptors (Lipinski definition) is 5. The maximum atomic E-state index is 13.1. The van der Waals surface area contributed by atoms with E-state index in [0.29, 0.717) is 22.0 Å². The number of hydrogen-bond donors (Lipinski definition) is 1. The Bertz CT molecular complexity index is 1300. The first kappa shape index (κ1) is 23.2. The van der Waals surface area contributed by atoms with E-state index < -0.39 is 24.0 Å². The molecule has 3 aromatic carbocycles. The van der Waals surface area contributed by atoms with Gasteiger partial charge in [-0.15, -0.1) is 0 Å². The number of esters is 1. The number of amides is 2. The lowest BCUT2D eigenvalue weighted by Gasteiger charge is -2.41. The molecule has 4 rings (SSSR count). The number of halogens is 1. The monoisotopic (exact) mass is 476 g/mol. The average molecular weight is 477 g/mol. The van der Waals surface area contributed by atoms with Crippen molar-refractivity contribution in [3.63, 3.8) is 0 Å². The van der Waals surface area contributed by atoms with Gasteiger partial charge in [0.1, 0.15) is 5.54 Å². The summed E-state index contributed by atoms with van der Waals surface area (Å²) in [5, 5.41) is 3.26. The summed E-state index contributed by atoms with van der Waals surface area (Å²) in [6.45, 7) is 2.61. The van der Waals surface area contributed by atoms with Gasteiger partial charge in [-0.3, -0.25) is 19.3 Å². The lowest BCUT2D eigenvalue weighted by molar-refractivity contribution is -0.128. The number of nitrogens with zero attached hydrogens (tertiary/aromatic N) is 1. The normalized spacial score (nSPS) is 14.1. The van der Waals surface area contributed by atoms with Gasteiger partial charge < -0.3 is 10.1 Å². The summed E-state index contributed by atoms with van der Waals surface area (Å²) >= 11 is 5.89. The minimum absolute atomic E-state index is 0.0336. The zero-order valence-electron chi connectivity index (χ0n) is 18.5. The first-order valence-corrected chi connectivity index (χ1v) is 10.9. The largest absolute Gasteiger partial charge is 0.452 e. The van der Waals surface area contributed by atoms with Crippen LogP contribution in [0.1, 0.15) is 40.1 Å². The molecule has 1 heterocycles. The molecule has 2 amide bonds. The van der Waals surface area contributed by atoms with E-state index in [4.69, 9.17) is 16.3 Å². The molecular formula is C26H21ClN2O5. The lowest BCUT2D eigenvalue weighted by atomic mass is 9.96. The second-order valence-corrected chi connectivity index (χ2v) is 8.65. The third-order valence-electron chi connectivity index (χ3n) is 5.58. The molecule has 172 valence electrons. The van der Waals surface area contributed by atoms with Crippen LogP contribution in [0.25, 0.3) is 0 Å². The molecule has 0 aromatic heterocycles. The highest BCUT2D eigenvalue weighted by Gasteiger charge is 2.43. The molecule has 1 aliphatic heterocycles. The number of anilines is 2. The molecule has 3 aromatic rings. The van der Waals surface area contributed by atoms with Gasteiger partial charge in [-0.1, -0.05) is 41.9 Å². The number of carbonyl (C=O) groups excluding carboxylic acids is 4. The molecule has 0 spiro atoms. The van der Waals surface area contributed by atoms with E-state index in [-0.39, 0.29) is 22.8 Å². The van der Waals surface area contributed by atoms with Crippen LogP contribution in [0.2, 0.25) is 5.02 Å². The van der Waals surface area contributed by atoms with Crippen molar-refractivity contribution < 1.29 is 23.9 Å². The fraction of sp³-hybridized carbons (Fsp3) is 0.154. The standard InChI is InChI=1S/C26H21ClN2O5/c1-26(2)25(33)28-20-9-5-6-10-21(20)29(26)22(30)15-34-24(32)19-8-4-3-7-18(19)23(31)16-11-13-17(27)14-12-16/h3-14H,15H2,1-2H3,(H,28,33). The van der Waals surface area contributed by atoms with Crippen molar-refractivity contribution in [3.8, 4) is 0 Å². The fourth-order valence-electron chi connectivity index (χ4n) is 3.78. The Balaban J connectivity index is 1.55. The molecule has 8 heteroatoms. The van der Waals surface area contributed by atoms with Crippen molar-refractivity contribution in [2.45, 2.75) is 19.4 Å². The fourth-order valence-corrected chi connectivity index (χ4v) is 3.91. The quantitative estimate of drug-likeness (QED) is 0.432. The van der Waals surface area contributed by atoms with Crippen LogP contribution in [0.5, 0.6) is 0 Å². The Hall–Kier alpha value is -3.97. The van der Waals surface area contributed by atoms with Gasteiger partial charge in [0, 0.05) is 16.1 Å². The second-order valence-electron chi connectivity index (χ2n) is 8.22. The molecule has 0 fully saturated rings. The minimum atomic E-state index is -1.19. The molecular weight excluding hydrogens is 456 g/mol. The number of ketones is 1. The maximum absolute atomic E-state index is 13.1. The van der Waals surface area contributed by atoms with E-state index in [1.807, 2.05) is 0 Å². The second kappa shape index (κ2) is 9.11. The number of para-hydroxylation sites is 2. The Morgan fingerprint density at radius 3 is 2.24 bits per heavy atom. The predicted octanol–water partition coefficient (Wildman–Crippen LogP) is 4.49. The van der Waals surface area contributed by atoms with Crippen molar-refractivity contribution in [3.05, 3.63) is 94.5 Å². The van der Waals surface area contributed by atoms with Gasteiger partial charge in [-0.2, -0.15) is 0 Å². The van der Waals surface area contributed by atoms with Gasteiger partial charge in [0.25, 0.3) is 5.91 Å². The van der Waals surface area contributed by atoms with Crippen LogP contribution in [0.4, 0.5) is 11.4 Å². The Kier molecular flexibility index (Phi) is 6.22. The number of nitrogens with one attached hydrogen (secondary N) is 1. The first-order valence-electron chi connectivity index (χ1n) is 10.5. The number of fused-ring (bicyclic) bond motifs is 1. The molecule has 7 nitrogen and oxygen atoms in total. The van der Waals surface area contributed by atoms with Crippen molar-refractivity contribution in [1.29, 1.82) is 0 Å². The van der Waals surface area contributed by atoms with Crippen LogP contribution in [-0.4, -0.2) is 35.7 Å². The van der Waals surface area contributed by atoms with Gasteiger partial charge in [-0.25, -0.2) is 4.79 Å².